The van der Waals surface area contributed by atoms with Gasteiger partial charge in [-0.15, -0.1) is 0 Å². The Morgan fingerprint density at radius 3 is 0.646 bits per heavy atom. The molecule has 0 saturated carbocycles. The maximum absolute atomic E-state index is 13.5. The van der Waals surface area contributed by atoms with Crippen LogP contribution in [0.5, 0.6) is 0 Å². The number of hydrogen-bond donors (Lipinski definition) is 0. The van der Waals surface area contributed by atoms with E-state index in [4.69, 9.17) is 28.4 Å². The highest BCUT2D eigenvalue weighted by atomic mass is 16.6. The summed E-state index contributed by atoms with van der Waals surface area (Å²) in [5.41, 5.74) is 1.27. The number of benzene rings is 4. The highest BCUT2D eigenvalue weighted by Gasteiger charge is 2.24. The Balaban J connectivity index is 1.87. The molecule has 4 aromatic carbocycles. The second-order valence-electron chi connectivity index (χ2n) is 9.71. The molecule has 12 heteroatoms. The van der Waals surface area contributed by atoms with Crippen molar-refractivity contribution in [2.45, 2.75) is 0 Å². The van der Waals surface area contributed by atoms with Gasteiger partial charge in [-0.2, -0.15) is 0 Å². The van der Waals surface area contributed by atoms with Crippen molar-refractivity contribution in [3.8, 4) is 0 Å². The average molecular weight is 653 g/mol. The highest BCUT2D eigenvalue weighted by molar-refractivity contribution is 6.02. The molecule has 48 heavy (non-hydrogen) atoms. The summed E-state index contributed by atoms with van der Waals surface area (Å²) in [6.45, 7) is 0. The summed E-state index contributed by atoms with van der Waals surface area (Å²) >= 11 is 0. The molecule has 12 nitrogen and oxygen atoms in total. The standard InChI is InChI=1S/C36H28O12/c1-43-31(37)23-9-5-21(6-10-23)29(47-35(41)27-17-13-25(14-18-27)33(39)45-3)30(22-7-11-24(12-8-22)32(38)44-2)48-36(42)28-19-15-26(16-20-28)34(40)46-4/h5-20H,1-4H3/b30-29+. The van der Waals surface area contributed by atoms with Crippen molar-refractivity contribution < 1.29 is 57.2 Å². The fraction of sp³-hybridized carbons (Fsp3) is 0.111. The summed E-state index contributed by atoms with van der Waals surface area (Å²) in [6.07, 6.45) is 0. The monoisotopic (exact) mass is 652 g/mol. The third kappa shape index (κ3) is 7.98. The third-order valence-corrected chi connectivity index (χ3v) is 6.82. The molecule has 0 aliphatic rings. The first-order valence-corrected chi connectivity index (χ1v) is 14.0. The van der Waals surface area contributed by atoms with Crippen molar-refractivity contribution in [2.24, 2.45) is 0 Å². The van der Waals surface area contributed by atoms with E-state index in [1.807, 2.05) is 0 Å². The molecule has 0 radical (unpaired) electrons. The van der Waals surface area contributed by atoms with E-state index >= 15 is 0 Å². The second-order valence-corrected chi connectivity index (χ2v) is 9.71. The molecule has 0 unspecified atom stereocenters. The minimum atomic E-state index is -0.888. The van der Waals surface area contributed by atoms with Gasteiger partial charge in [-0.1, -0.05) is 24.3 Å². The lowest BCUT2D eigenvalue weighted by Gasteiger charge is -2.17. The van der Waals surface area contributed by atoms with Crippen LogP contribution in [0.25, 0.3) is 11.5 Å². The van der Waals surface area contributed by atoms with E-state index in [0.717, 1.165) is 0 Å². The van der Waals surface area contributed by atoms with Crippen LogP contribution in [-0.2, 0) is 28.4 Å². The topological polar surface area (TPSA) is 158 Å². The lowest BCUT2D eigenvalue weighted by atomic mass is 10.0. The number of hydrogen-bond acceptors (Lipinski definition) is 12. The molecule has 0 amide bonds. The van der Waals surface area contributed by atoms with E-state index in [-0.39, 0.29) is 56.0 Å². The Labute approximate surface area is 274 Å². The first-order chi connectivity index (χ1) is 23.1. The van der Waals surface area contributed by atoms with Crippen molar-refractivity contribution in [1.29, 1.82) is 0 Å². The fourth-order valence-electron chi connectivity index (χ4n) is 4.25. The molecule has 0 heterocycles. The Morgan fingerprint density at radius 2 is 0.458 bits per heavy atom. The molecular formula is C36H28O12. The third-order valence-electron chi connectivity index (χ3n) is 6.82. The minimum Gasteiger partial charge on any atom is -0.465 e. The summed E-state index contributed by atoms with van der Waals surface area (Å²) in [7, 11) is 4.90. The van der Waals surface area contributed by atoms with E-state index in [1.54, 1.807) is 0 Å². The van der Waals surface area contributed by atoms with Crippen LogP contribution in [0, 0.1) is 0 Å². The zero-order valence-electron chi connectivity index (χ0n) is 26.1. The molecule has 0 spiro atoms. The van der Waals surface area contributed by atoms with Gasteiger partial charge in [0.25, 0.3) is 0 Å². The van der Waals surface area contributed by atoms with Gasteiger partial charge in [-0.25, -0.2) is 28.8 Å². The van der Waals surface area contributed by atoms with Crippen molar-refractivity contribution in [1.82, 2.24) is 0 Å². The lowest BCUT2D eigenvalue weighted by Crippen LogP contribution is -2.12. The van der Waals surface area contributed by atoms with E-state index < -0.39 is 35.8 Å². The van der Waals surface area contributed by atoms with Crippen molar-refractivity contribution in [3.63, 3.8) is 0 Å². The van der Waals surface area contributed by atoms with Crippen LogP contribution in [0.2, 0.25) is 0 Å². The first kappa shape index (κ1) is 34.3. The van der Waals surface area contributed by atoms with Crippen LogP contribution < -0.4 is 0 Å². The minimum absolute atomic E-state index is 0.0384. The van der Waals surface area contributed by atoms with Gasteiger partial charge < -0.3 is 28.4 Å². The maximum atomic E-state index is 13.5. The molecule has 0 saturated heterocycles. The van der Waals surface area contributed by atoms with Gasteiger partial charge >= 0.3 is 35.8 Å². The fourth-order valence-corrected chi connectivity index (χ4v) is 4.25. The molecule has 0 bridgehead atoms. The number of rotatable bonds is 10. The van der Waals surface area contributed by atoms with Crippen LogP contribution in [-0.4, -0.2) is 64.3 Å². The quantitative estimate of drug-likeness (QED) is 0.0935. The van der Waals surface area contributed by atoms with Gasteiger partial charge in [0.05, 0.1) is 61.8 Å². The second kappa shape index (κ2) is 15.6. The predicted octanol–water partition coefficient (Wildman–Crippen LogP) is 5.37. The maximum Gasteiger partial charge on any atom is 0.343 e. The van der Waals surface area contributed by atoms with Crippen molar-refractivity contribution in [2.75, 3.05) is 28.4 Å². The summed E-state index contributed by atoms with van der Waals surface area (Å²) in [5.74, 6) is -4.69. The number of methoxy groups -OCH3 is 4. The van der Waals surface area contributed by atoms with Gasteiger partial charge in [0, 0.05) is 11.1 Å². The van der Waals surface area contributed by atoms with Gasteiger partial charge in [0.1, 0.15) is 0 Å². The molecule has 244 valence electrons. The molecule has 0 N–H and O–H groups in total. The number of esters is 6. The number of ether oxygens (including phenoxy) is 6. The Hall–Kier alpha value is -6.56. The largest absolute Gasteiger partial charge is 0.465 e. The van der Waals surface area contributed by atoms with E-state index in [2.05, 4.69) is 0 Å². The zero-order chi connectivity index (χ0) is 34.8. The van der Waals surface area contributed by atoms with Crippen LogP contribution >= 0.6 is 0 Å². The smallest absolute Gasteiger partial charge is 0.343 e. The van der Waals surface area contributed by atoms with E-state index in [9.17, 15) is 28.8 Å². The van der Waals surface area contributed by atoms with E-state index in [1.165, 1.54) is 126 Å². The van der Waals surface area contributed by atoms with Crippen molar-refractivity contribution >= 4 is 47.3 Å². The van der Waals surface area contributed by atoms with Gasteiger partial charge in [-0.05, 0) is 72.8 Å². The molecule has 0 aliphatic heterocycles. The molecule has 0 aliphatic carbocycles. The van der Waals surface area contributed by atoms with Crippen LogP contribution in [0.15, 0.2) is 97.1 Å². The molecule has 4 rings (SSSR count). The van der Waals surface area contributed by atoms with Crippen LogP contribution in [0.3, 0.4) is 0 Å². The summed E-state index contributed by atoms with van der Waals surface area (Å²) in [5, 5.41) is 0. The van der Waals surface area contributed by atoms with Crippen LogP contribution in [0.4, 0.5) is 0 Å². The molecular weight excluding hydrogens is 624 g/mol. The van der Waals surface area contributed by atoms with E-state index in [0.29, 0.717) is 0 Å². The number of carbonyl (C=O) groups excluding carboxylic acids is 6. The van der Waals surface area contributed by atoms with Crippen molar-refractivity contribution in [3.05, 3.63) is 142 Å². The molecule has 0 fully saturated rings. The summed E-state index contributed by atoms with van der Waals surface area (Å²) in [4.78, 5) is 75.1. The van der Waals surface area contributed by atoms with Crippen LogP contribution in [0.1, 0.15) is 73.3 Å². The Morgan fingerprint density at radius 1 is 0.292 bits per heavy atom. The summed E-state index contributed by atoms with van der Waals surface area (Å²) in [6, 6.07) is 22.4. The SMILES string of the molecule is COC(=O)c1ccc(C(=O)O/C(=C(/OC(=O)c2ccc(C(=O)OC)cc2)c2ccc(C(=O)OC)cc2)c2ccc(C(=O)OC)cc2)cc1. The Kier molecular flexibility index (Phi) is 11.2. The number of carbonyl (C=O) groups is 6. The summed E-state index contributed by atoms with van der Waals surface area (Å²) < 4.78 is 30.7. The zero-order valence-corrected chi connectivity index (χ0v) is 26.1. The predicted molar refractivity (Wildman–Crippen MR) is 169 cm³/mol. The molecule has 0 atom stereocenters. The molecule has 0 aromatic heterocycles. The van der Waals surface area contributed by atoms with Gasteiger partial charge in [0.2, 0.25) is 0 Å². The molecule has 4 aromatic rings. The normalized spacial score (nSPS) is 10.9. The first-order valence-electron chi connectivity index (χ1n) is 14.0. The van der Waals surface area contributed by atoms with Gasteiger partial charge in [-0.3, -0.25) is 0 Å². The van der Waals surface area contributed by atoms with Gasteiger partial charge in [0.15, 0.2) is 11.5 Å². The highest BCUT2D eigenvalue weighted by Crippen LogP contribution is 2.31. The Bertz CT molecular complexity index is 1730. The lowest BCUT2D eigenvalue weighted by molar-refractivity contribution is 0.0591. The average Bonchev–Trinajstić information content (AvgIpc) is 3.14.